The second kappa shape index (κ2) is 11.8. The number of amides is 2. The summed E-state index contributed by atoms with van der Waals surface area (Å²) < 4.78 is 11.3. The predicted octanol–water partition coefficient (Wildman–Crippen LogP) is 5.90. The number of benzene rings is 3. The summed E-state index contributed by atoms with van der Waals surface area (Å²) in [5.74, 6) is 0.653. The molecular formula is C26H26Cl2N2O4. The van der Waals surface area contributed by atoms with E-state index < -0.39 is 6.17 Å². The van der Waals surface area contributed by atoms with E-state index in [-0.39, 0.29) is 11.8 Å². The average molecular weight is 501 g/mol. The first-order chi connectivity index (χ1) is 16.3. The van der Waals surface area contributed by atoms with Gasteiger partial charge in [-0.2, -0.15) is 0 Å². The molecule has 0 bridgehead atoms. The zero-order valence-corrected chi connectivity index (χ0v) is 20.6. The van der Waals surface area contributed by atoms with Crippen LogP contribution in [-0.4, -0.2) is 25.5 Å². The number of halogens is 2. The maximum absolute atomic E-state index is 12.9. The number of methoxy groups -OCH3 is 1. The molecule has 0 aliphatic heterocycles. The lowest BCUT2D eigenvalue weighted by atomic mass is 10.1. The molecule has 0 atom stereocenters. The molecule has 0 saturated heterocycles. The quantitative estimate of drug-likeness (QED) is 0.358. The van der Waals surface area contributed by atoms with Gasteiger partial charge in [-0.25, -0.2) is 0 Å². The molecule has 178 valence electrons. The molecule has 0 aliphatic carbocycles. The van der Waals surface area contributed by atoms with Crippen molar-refractivity contribution in [1.29, 1.82) is 0 Å². The first-order valence-electron chi connectivity index (χ1n) is 10.7. The third kappa shape index (κ3) is 6.89. The van der Waals surface area contributed by atoms with Crippen molar-refractivity contribution in [3.63, 3.8) is 0 Å². The summed E-state index contributed by atoms with van der Waals surface area (Å²) >= 11 is 11.9. The van der Waals surface area contributed by atoms with E-state index in [0.29, 0.717) is 50.8 Å². The highest BCUT2D eigenvalue weighted by Gasteiger charge is 2.21. The first kappa shape index (κ1) is 25.4. The Labute approximate surface area is 209 Å². The number of hydrogen-bond acceptors (Lipinski definition) is 4. The van der Waals surface area contributed by atoms with Gasteiger partial charge in [0.25, 0.3) is 11.8 Å². The highest BCUT2D eigenvalue weighted by molar-refractivity contribution is 6.31. The van der Waals surface area contributed by atoms with Crippen molar-refractivity contribution in [1.82, 2.24) is 10.6 Å². The predicted molar refractivity (Wildman–Crippen MR) is 134 cm³/mol. The fraction of sp³-hybridized carbons (Fsp3) is 0.231. The minimum atomic E-state index is -0.848. The number of carbonyl (C=O) groups excluding carboxylic acids is 2. The Kier molecular flexibility index (Phi) is 8.79. The molecule has 0 fully saturated rings. The zero-order chi connectivity index (χ0) is 24.7. The van der Waals surface area contributed by atoms with Crippen molar-refractivity contribution in [2.45, 2.75) is 20.0 Å². The number of nitrogens with one attached hydrogen (secondary N) is 2. The summed E-state index contributed by atoms with van der Waals surface area (Å²) in [6.07, 6.45) is -0.848. The number of rotatable bonds is 9. The molecule has 0 radical (unpaired) electrons. The summed E-state index contributed by atoms with van der Waals surface area (Å²) in [6, 6.07) is 18.2. The molecule has 3 rings (SSSR count). The summed E-state index contributed by atoms with van der Waals surface area (Å²) in [5.41, 5.74) is 1.41. The van der Waals surface area contributed by atoms with Crippen molar-refractivity contribution in [2.75, 3.05) is 13.7 Å². The molecule has 0 heterocycles. The monoisotopic (exact) mass is 500 g/mol. The van der Waals surface area contributed by atoms with Crippen LogP contribution >= 0.6 is 23.2 Å². The molecule has 0 aliphatic rings. The Hall–Kier alpha value is -3.22. The van der Waals surface area contributed by atoms with Crippen molar-refractivity contribution >= 4 is 35.0 Å². The Bertz CT molecular complexity index is 1070. The Morgan fingerprint density at radius 1 is 0.794 bits per heavy atom. The maximum Gasteiger partial charge on any atom is 0.253 e. The Morgan fingerprint density at radius 2 is 1.29 bits per heavy atom. The van der Waals surface area contributed by atoms with E-state index in [4.69, 9.17) is 32.7 Å². The standard InChI is InChI=1S/C26H26Cl2N2O4/c1-16(2)15-34-22-13-8-19(14-23(22)33-3)24(29-25(31)17-4-9-20(27)10-5-17)30-26(32)18-6-11-21(28)12-7-18/h4-14,16,24H,15H2,1-3H3,(H,29,31)(H,30,32). The van der Waals surface area contributed by atoms with Crippen LogP contribution in [0.15, 0.2) is 66.7 Å². The minimum absolute atomic E-state index is 0.342. The molecule has 0 aromatic heterocycles. The van der Waals surface area contributed by atoms with Gasteiger partial charge < -0.3 is 20.1 Å². The van der Waals surface area contributed by atoms with Gasteiger partial charge in [0, 0.05) is 21.2 Å². The number of carbonyl (C=O) groups is 2. The highest BCUT2D eigenvalue weighted by atomic mass is 35.5. The summed E-state index contributed by atoms with van der Waals surface area (Å²) in [7, 11) is 1.54. The van der Waals surface area contributed by atoms with Crippen LogP contribution in [0.2, 0.25) is 10.0 Å². The fourth-order valence-corrected chi connectivity index (χ4v) is 3.33. The van der Waals surface area contributed by atoms with Crippen LogP contribution in [0.25, 0.3) is 0 Å². The van der Waals surface area contributed by atoms with Gasteiger partial charge in [0.2, 0.25) is 0 Å². The lowest BCUT2D eigenvalue weighted by Gasteiger charge is -2.22. The van der Waals surface area contributed by atoms with E-state index in [1.165, 1.54) is 7.11 Å². The van der Waals surface area contributed by atoms with Gasteiger partial charge in [0.05, 0.1) is 13.7 Å². The summed E-state index contributed by atoms with van der Waals surface area (Å²) in [4.78, 5) is 25.8. The second-order valence-corrected chi connectivity index (χ2v) is 8.88. The van der Waals surface area contributed by atoms with Crippen molar-refractivity contribution in [2.24, 2.45) is 5.92 Å². The van der Waals surface area contributed by atoms with Crippen LogP contribution in [0.3, 0.4) is 0 Å². The lowest BCUT2D eigenvalue weighted by molar-refractivity contribution is 0.0883. The Morgan fingerprint density at radius 3 is 1.74 bits per heavy atom. The molecule has 3 aromatic carbocycles. The highest BCUT2D eigenvalue weighted by Crippen LogP contribution is 2.30. The van der Waals surface area contributed by atoms with E-state index in [1.807, 2.05) is 0 Å². The normalized spacial score (nSPS) is 10.8. The van der Waals surface area contributed by atoms with Gasteiger partial charge in [0.1, 0.15) is 6.17 Å². The molecule has 6 nitrogen and oxygen atoms in total. The molecule has 0 saturated carbocycles. The number of ether oxygens (including phenoxy) is 2. The van der Waals surface area contributed by atoms with Crippen LogP contribution in [0.5, 0.6) is 11.5 Å². The van der Waals surface area contributed by atoms with E-state index in [0.717, 1.165) is 0 Å². The van der Waals surface area contributed by atoms with Gasteiger partial charge in [-0.3, -0.25) is 9.59 Å². The molecule has 0 spiro atoms. The van der Waals surface area contributed by atoms with Crippen LogP contribution < -0.4 is 20.1 Å². The van der Waals surface area contributed by atoms with Gasteiger partial charge >= 0.3 is 0 Å². The SMILES string of the molecule is COc1cc(C(NC(=O)c2ccc(Cl)cc2)NC(=O)c2ccc(Cl)cc2)ccc1OCC(C)C. The van der Waals surface area contributed by atoms with Crippen molar-refractivity contribution < 1.29 is 19.1 Å². The van der Waals surface area contributed by atoms with Crippen molar-refractivity contribution in [3.05, 3.63) is 93.5 Å². The molecule has 3 aromatic rings. The largest absolute Gasteiger partial charge is 0.493 e. The molecule has 2 N–H and O–H groups in total. The lowest BCUT2D eigenvalue weighted by Crippen LogP contribution is -2.41. The zero-order valence-electron chi connectivity index (χ0n) is 19.1. The fourth-order valence-electron chi connectivity index (χ4n) is 3.07. The molecule has 0 unspecified atom stereocenters. The van der Waals surface area contributed by atoms with E-state index in [9.17, 15) is 9.59 Å². The average Bonchev–Trinajstić information content (AvgIpc) is 2.82. The molecule has 8 heteroatoms. The van der Waals surface area contributed by atoms with Gasteiger partial charge in [0.15, 0.2) is 11.5 Å². The maximum atomic E-state index is 12.9. The third-order valence-corrected chi connectivity index (χ3v) is 5.36. The first-order valence-corrected chi connectivity index (χ1v) is 11.5. The Balaban J connectivity index is 1.89. The molecular weight excluding hydrogens is 475 g/mol. The van der Waals surface area contributed by atoms with Crippen LogP contribution in [0.4, 0.5) is 0 Å². The minimum Gasteiger partial charge on any atom is -0.493 e. The van der Waals surface area contributed by atoms with E-state index in [1.54, 1.807) is 66.7 Å². The van der Waals surface area contributed by atoms with Crippen LogP contribution in [0.1, 0.15) is 46.3 Å². The van der Waals surface area contributed by atoms with Gasteiger partial charge in [-0.05, 0) is 72.1 Å². The third-order valence-electron chi connectivity index (χ3n) is 4.86. The molecule has 2 amide bonds. The second-order valence-electron chi connectivity index (χ2n) is 8.01. The van der Waals surface area contributed by atoms with E-state index >= 15 is 0 Å². The smallest absolute Gasteiger partial charge is 0.253 e. The molecule has 34 heavy (non-hydrogen) atoms. The summed E-state index contributed by atoms with van der Waals surface area (Å²) in [6.45, 7) is 4.63. The van der Waals surface area contributed by atoms with Crippen molar-refractivity contribution in [3.8, 4) is 11.5 Å². The van der Waals surface area contributed by atoms with Gasteiger partial charge in [-0.15, -0.1) is 0 Å². The number of hydrogen-bond donors (Lipinski definition) is 2. The van der Waals surface area contributed by atoms with Crippen LogP contribution in [0, 0.1) is 5.92 Å². The van der Waals surface area contributed by atoms with Gasteiger partial charge in [-0.1, -0.05) is 43.1 Å². The van der Waals surface area contributed by atoms with Crippen LogP contribution in [-0.2, 0) is 0 Å². The topological polar surface area (TPSA) is 76.7 Å². The summed E-state index contributed by atoms with van der Waals surface area (Å²) in [5, 5.41) is 6.77. The van der Waals surface area contributed by atoms with E-state index in [2.05, 4.69) is 24.5 Å².